The SMILES string of the molecule is CC(C)=CCC[C@]1(C)Oc2ccccc2[C@H]2OC[C@@]3(CCCN(C(=O)OC(C)(C)C)C3)C[C@@H]21. The molecule has 3 aliphatic heterocycles. The number of hydrogen-bond acceptors (Lipinski definition) is 4. The molecule has 1 aromatic carbocycles. The van der Waals surface area contributed by atoms with Crippen molar-refractivity contribution in [3.05, 3.63) is 41.5 Å². The van der Waals surface area contributed by atoms with E-state index < -0.39 is 5.60 Å². The molecule has 0 saturated carbocycles. The number of para-hydroxylation sites is 1. The Morgan fingerprint density at radius 3 is 2.76 bits per heavy atom. The molecule has 0 unspecified atom stereocenters. The summed E-state index contributed by atoms with van der Waals surface area (Å²) in [5, 5.41) is 0. The fourth-order valence-electron chi connectivity index (χ4n) is 5.85. The summed E-state index contributed by atoms with van der Waals surface area (Å²) in [6.45, 7) is 14.4. The van der Waals surface area contributed by atoms with Gasteiger partial charge in [0.25, 0.3) is 0 Å². The molecule has 1 spiro atoms. The molecule has 3 heterocycles. The summed E-state index contributed by atoms with van der Waals surface area (Å²) in [5.41, 5.74) is 1.65. The highest BCUT2D eigenvalue weighted by Gasteiger charge is 2.54. The molecule has 0 radical (unpaired) electrons. The van der Waals surface area contributed by atoms with Gasteiger partial charge in [-0.05, 0) is 79.7 Å². The van der Waals surface area contributed by atoms with Crippen molar-refractivity contribution in [3.63, 3.8) is 0 Å². The normalized spacial score (nSPS) is 31.3. The topological polar surface area (TPSA) is 48.0 Å². The number of piperidine rings is 1. The molecule has 2 fully saturated rings. The van der Waals surface area contributed by atoms with Crippen LogP contribution in [0.4, 0.5) is 4.79 Å². The summed E-state index contributed by atoms with van der Waals surface area (Å²) in [6, 6.07) is 8.33. The number of fused-ring (bicyclic) bond motifs is 3. The molecule has 0 bridgehead atoms. The molecule has 33 heavy (non-hydrogen) atoms. The Hall–Kier alpha value is -2.01. The van der Waals surface area contributed by atoms with Crippen molar-refractivity contribution < 1.29 is 19.0 Å². The first-order chi connectivity index (χ1) is 15.5. The highest BCUT2D eigenvalue weighted by atomic mass is 16.6. The van der Waals surface area contributed by atoms with Crippen LogP contribution >= 0.6 is 0 Å². The van der Waals surface area contributed by atoms with Gasteiger partial charge in [0, 0.05) is 30.0 Å². The predicted octanol–water partition coefficient (Wildman–Crippen LogP) is 6.68. The fraction of sp³-hybridized carbons (Fsp3) is 0.679. The number of nitrogens with zero attached hydrogens (tertiary/aromatic N) is 1. The van der Waals surface area contributed by atoms with Gasteiger partial charge in [-0.1, -0.05) is 29.8 Å². The molecule has 2 saturated heterocycles. The monoisotopic (exact) mass is 455 g/mol. The van der Waals surface area contributed by atoms with Gasteiger partial charge in [-0.15, -0.1) is 0 Å². The lowest BCUT2D eigenvalue weighted by atomic mass is 9.64. The van der Waals surface area contributed by atoms with E-state index in [9.17, 15) is 4.79 Å². The summed E-state index contributed by atoms with van der Waals surface area (Å²) in [6.07, 6.45) is 7.11. The van der Waals surface area contributed by atoms with E-state index in [4.69, 9.17) is 14.2 Å². The second-order valence-electron chi connectivity index (χ2n) is 11.8. The zero-order valence-electron chi connectivity index (χ0n) is 21.3. The number of amides is 1. The lowest BCUT2D eigenvalue weighted by molar-refractivity contribution is -0.180. The molecule has 1 aromatic rings. The summed E-state index contributed by atoms with van der Waals surface area (Å²) in [5.74, 6) is 1.19. The minimum absolute atomic E-state index is 0.0363. The summed E-state index contributed by atoms with van der Waals surface area (Å²) >= 11 is 0. The number of carbonyl (C=O) groups is 1. The molecule has 5 nitrogen and oxygen atoms in total. The molecule has 182 valence electrons. The van der Waals surface area contributed by atoms with Gasteiger partial charge in [0.1, 0.15) is 17.0 Å². The predicted molar refractivity (Wildman–Crippen MR) is 130 cm³/mol. The van der Waals surface area contributed by atoms with Gasteiger partial charge in [-0.25, -0.2) is 4.79 Å². The highest BCUT2D eigenvalue weighted by molar-refractivity contribution is 5.68. The van der Waals surface area contributed by atoms with E-state index in [0.29, 0.717) is 13.2 Å². The van der Waals surface area contributed by atoms with Crippen molar-refractivity contribution >= 4 is 6.09 Å². The molecular weight excluding hydrogens is 414 g/mol. The molecule has 3 aliphatic rings. The van der Waals surface area contributed by atoms with Crippen LogP contribution in [-0.4, -0.2) is 41.9 Å². The van der Waals surface area contributed by atoms with Crippen LogP contribution in [0.2, 0.25) is 0 Å². The highest BCUT2D eigenvalue weighted by Crippen LogP contribution is 2.56. The Bertz CT molecular complexity index is 899. The minimum Gasteiger partial charge on any atom is -0.487 e. The van der Waals surface area contributed by atoms with E-state index in [1.165, 1.54) is 5.57 Å². The largest absolute Gasteiger partial charge is 0.487 e. The van der Waals surface area contributed by atoms with Crippen molar-refractivity contribution in [3.8, 4) is 5.75 Å². The smallest absolute Gasteiger partial charge is 0.410 e. The van der Waals surface area contributed by atoms with Crippen molar-refractivity contribution in [2.45, 2.75) is 91.0 Å². The first-order valence-corrected chi connectivity index (χ1v) is 12.5. The molecule has 4 rings (SSSR count). The number of ether oxygens (including phenoxy) is 3. The van der Waals surface area contributed by atoms with E-state index in [-0.39, 0.29) is 29.1 Å². The summed E-state index contributed by atoms with van der Waals surface area (Å²) in [7, 11) is 0. The van der Waals surface area contributed by atoms with Gasteiger partial charge in [-0.3, -0.25) is 0 Å². The maximum atomic E-state index is 12.9. The molecule has 1 amide bonds. The van der Waals surface area contributed by atoms with Crippen LogP contribution in [0.1, 0.15) is 85.3 Å². The third-order valence-electron chi connectivity index (χ3n) is 7.45. The third-order valence-corrected chi connectivity index (χ3v) is 7.45. The second kappa shape index (κ2) is 8.98. The lowest BCUT2D eigenvalue weighted by Crippen LogP contribution is -2.57. The van der Waals surface area contributed by atoms with Gasteiger partial charge in [0.2, 0.25) is 0 Å². The van der Waals surface area contributed by atoms with Gasteiger partial charge in [-0.2, -0.15) is 0 Å². The summed E-state index contributed by atoms with van der Waals surface area (Å²) < 4.78 is 19.1. The van der Waals surface area contributed by atoms with Gasteiger partial charge in [0.15, 0.2) is 0 Å². The average molecular weight is 456 g/mol. The summed E-state index contributed by atoms with van der Waals surface area (Å²) in [4.78, 5) is 14.7. The quantitative estimate of drug-likeness (QED) is 0.477. The first kappa shape index (κ1) is 24.1. The fourth-order valence-corrected chi connectivity index (χ4v) is 5.85. The van der Waals surface area contributed by atoms with Crippen LogP contribution in [0.25, 0.3) is 0 Å². The number of hydrogen-bond donors (Lipinski definition) is 0. The molecule has 5 heteroatoms. The molecule has 0 N–H and O–H groups in total. The van der Waals surface area contributed by atoms with Gasteiger partial charge >= 0.3 is 6.09 Å². The maximum Gasteiger partial charge on any atom is 0.410 e. The number of rotatable bonds is 3. The average Bonchev–Trinajstić information content (AvgIpc) is 2.73. The zero-order valence-corrected chi connectivity index (χ0v) is 21.3. The van der Waals surface area contributed by atoms with E-state index in [2.05, 4.69) is 45.0 Å². The Labute approximate surface area is 199 Å². The van der Waals surface area contributed by atoms with E-state index in [0.717, 1.165) is 50.0 Å². The Morgan fingerprint density at radius 1 is 1.27 bits per heavy atom. The lowest BCUT2D eigenvalue weighted by Gasteiger charge is -2.55. The molecular formula is C28H41NO4. The number of benzene rings is 1. The van der Waals surface area contributed by atoms with Gasteiger partial charge in [0.05, 0.1) is 12.7 Å². The van der Waals surface area contributed by atoms with Crippen LogP contribution in [0.3, 0.4) is 0 Å². The van der Waals surface area contributed by atoms with E-state index in [1.54, 1.807) is 0 Å². The minimum atomic E-state index is -0.486. The molecule has 4 atom stereocenters. The standard InChI is InChI=1S/C28H41NO4/c1-20(2)11-9-14-27(6)22-17-28(15-10-16-29(18-28)25(30)33-26(3,4)5)19-31-24(22)21-12-7-8-13-23(21)32-27/h7-8,11-13,22,24H,9-10,14-19H2,1-6H3/t22-,24+,27-,28-/m0/s1. The van der Waals surface area contributed by atoms with Crippen LogP contribution in [0, 0.1) is 11.3 Å². The first-order valence-electron chi connectivity index (χ1n) is 12.5. The van der Waals surface area contributed by atoms with Gasteiger partial charge < -0.3 is 19.1 Å². The number of carbonyl (C=O) groups excluding carboxylic acids is 1. The van der Waals surface area contributed by atoms with Crippen molar-refractivity contribution in [1.29, 1.82) is 0 Å². The number of allylic oxidation sites excluding steroid dienone is 2. The van der Waals surface area contributed by atoms with Crippen molar-refractivity contribution in [1.82, 2.24) is 4.90 Å². The Balaban J connectivity index is 1.59. The molecule has 0 aliphatic carbocycles. The number of likely N-dealkylation sites (tertiary alicyclic amines) is 1. The van der Waals surface area contributed by atoms with E-state index >= 15 is 0 Å². The van der Waals surface area contributed by atoms with Crippen LogP contribution in [-0.2, 0) is 9.47 Å². The maximum absolute atomic E-state index is 12.9. The third kappa shape index (κ3) is 5.24. The van der Waals surface area contributed by atoms with Crippen LogP contribution in [0.15, 0.2) is 35.9 Å². The molecule has 0 aromatic heterocycles. The van der Waals surface area contributed by atoms with Crippen LogP contribution < -0.4 is 4.74 Å². The van der Waals surface area contributed by atoms with Crippen molar-refractivity contribution in [2.24, 2.45) is 11.3 Å². The Morgan fingerprint density at radius 2 is 2.03 bits per heavy atom. The van der Waals surface area contributed by atoms with Crippen molar-refractivity contribution in [2.75, 3.05) is 19.7 Å². The van der Waals surface area contributed by atoms with E-state index in [1.807, 2.05) is 31.7 Å². The second-order valence-corrected chi connectivity index (χ2v) is 11.8. The zero-order chi connectivity index (χ0) is 23.9. The van der Waals surface area contributed by atoms with Crippen LogP contribution in [0.5, 0.6) is 5.75 Å². The Kier molecular flexibility index (Phi) is 6.56.